The van der Waals surface area contributed by atoms with Gasteiger partial charge in [0.15, 0.2) is 0 Å². The van der Waals surface area contributed by atoms with Gasteiger partial charge in [0.05, 0.1) is 13.4 Å². The lowest BCUT2D eigenvalue weighted by Gasteiger charge is -2.07. The quantitative estimate of drug-likeness (QED) is 0.861. The van der Waals surface area contributed by atoms with E-state index in [1.54, 1.807) is 25.1 Å². The predicted octanol–water partition coefficient (Wildman–Crippen LogP) is 3.13. The van der Waals surface area contributed by atoms with Gasteiger partial charge in [-0.05, 0) is 36.8 Å². The standard InChI is InChI=1S/C14H14FNO3/c1-9-7-11(3-4-12(9)15)16-8-10-5-6-19-13(10)14(17)18-2/h3-7,16H,8H2,1-2H3. The number of esters is 1. The van der Waals surface area contributed by atoms with Crippen LogP contribution in [-0.2, 0) is 11.3 Å². The van der Waals surface area contributed by atoms with Gasteiger partial charge in [0, 0.05) is 17.8 Å². The molecule has 0 atom stereocenters. The lowest BCUT2D eigenvalue weighted by Crippen LogP contribution is -2.07. The van der Waals surface area contributed by atoms with E-state index in [1.165, 1.54) is 19.4 Å². The van der Waals surface area contributed by atoms with Crippen molar-refractivity contribution in [3.63, 3.8) is 0 Å². The molecule has 0 spiro atoms. The van der Waals surface area contributed by atoms with Crippen LogP contribution in [0.25, 0.3) is 0 Å². The van der Waals surface area contributed by atoms with Crippen molar-refractivity contribution >= 4 is 11.7 Å². The molecule has 1 N–H and O–H groups in total. The van der Waals surface area contributed by atoms with Gasteiger partial charge in [-0.3, -0.25) is 0 Å². The Labute approximate surface area is 110 Å². The second kappa shape index (κ2) is 5.56. The molecule has 0 aliphatic heterocycles. The van der Waals surface area contributed by atoms with Crippen LogP contribution in [0.5, 0.6) is 0 Å². The van der Waals surface area contributed by atoms with E-state index >= 15 is 0 Å². The van der Waals surface area contributed by atoms with Crippen LogP contribution in [0.15, 0.2) is 34.9 Å². The number of rotatable bonds is 4. The second-order valence-electron chi connectivity index (χ2n) is 4.08. The zero-order valence-corrected chi connectivity index (χ0v) is 10.7. The van der Waals surface area contributed by atoms with Gasteiger partial charge in [0.1, 0.15) is 5.82 Å². The zero-order chi connectivity index (χ0) is 13.8. The first kappa shape index (κ1) is 13.1. The van der Waals surface area contributed by atoms with Gasteiger partial charge in [-0.15, -0.1) is 0 Å². The Balaban J connectivity index is 2.08. The Bertz CT molecular complexity index is 592. The van der Waals surface area contributed by atoms with E-state index in [0.717, 1.165) is 5.69 Å². The van der Waals surface area contributed by atoms with Crippen LogP contribution in [0.4, 0.5) is 10.1 Å². The lowest BCUT2D eigenvalue weighted by atomic mass is 10.2. The van der Waals surface area contributed by atoms with Gasteiger partial charge in [0.2, 0.25) is 5.76 Å². The summed E-state index contributed by atoms with van der Waals surface area (Å²) in [5.41, 5.74) is 2.02. The summed E-state index contributed by atoms with van der Waals surface area (Å²) in [7, 11) is 1.30. The fraction of sp³-hybridized carbons (Fsp3) is 0.214. The first-order valence-electron chi connectivity index (χ1n) is 5.76. The van der Waals surface area contributed by atoms with Gasteiger partial charge in [0.25, 0.3) is 0 Å². The van der Waals surface area contributed by atoms with E-state index in [0.29, 0.717) is 17.7 Å². The molecule has 0 aliphatic rings. The molecule has 4 nitrogen and oxygen atoms in total. The van der Waals surface area contributed by atoms with Gasteiger partial charge < -0.3 is 14.5 Å². The third-order valence-corrected chi connectivity index (χ3v) is 2.76. The summed E-state index contributed by atoms with van der Waals surface area (Å²) in [5, 5.41) is 3.10. The molecule has 1 aromatic carbocycles. The van der Waals surface area contributed by atoms with Crippen LogP contribution in [0, 0.1) is 12.7 Å². The normalized spacial score (nSPS) is 10.3. The van der Waals surface area contributed by atoms with Crippen molar-refractivity contribution in [1.29, 1.82) is 0 Å². The third kappa shape index (κ3) is 2.93. The number of halogens is 1. The number of benzene rings is 1. The van der Waals surface area contributed by atoms with E-state index in [-0.39, 0.29) is 11.6 Å². The second-order valence-corrected chi connectivity index (χ2v) is 4.08. The maximum absolute atomic E-state index is 13.1. The van der Waals surface area contributed by atoms with Crippen LogP contribution in [0.3, 0.4) is 0 Å². The van der Waals surface area contributed by atoms with E-state index in [2.05, 4.69) is 10.1 Å². The largest absolute Gasteiger partial charge is 0.463 e. The van der Waals surface area contributed by atoms with Crippen molar-refractivity contribution in [2.24, 2.45) is 0 Å². The number of methoxy groups -OCH3 is 1. The maximum Gasteiger partial charge on any atom is 0.374 e. The Morgan fingerprint density at radius 2 is 2.21 bits per heavy atom. The molecule has 0 radical (unpaired) electrons. The number of hydrogen-bond acceptors (Lipinski definition) is 4. The Hall–Kier alpha value is -2.30. The fourth-order valence-electron chi connectivity index (χ4n) is 1.70. The zero-order valence-electron chi connectivity index (χ0n) is 10.7. The first-order valence-corrected chi connectivity index (χ1v) is 5.76. The molecule has 0 fully saturated rings. The number of furan rings is 1. The lowest BCUT2D eigenvalue weighted by molar-refractivity contribution is 0.0563. The molecule has 1 aromatic heterocycles. The molecule has 5 heteroatoms. The van der Waals surface area contributed by atoms with E-state index in [9.17, 15) is 9.18 Å². The molecule has 100 valence electrons. The summed E-state index contributed by atoms with van der Waals surface area (Å²) in [5.74, 6) is -0.588. The smallest absolute Gasteiger partial charge is 0.374 e. The minimum absolute atomic E-state index is 0.175. The van der Waals surface area contributed by atoms with Crippen LogP contribution < -0.4 is 5.32 Å². The summed E-state index contributed by atoms with van der Waals surface area (Å²) in [6.45, 7) is 2.09. The summed E-state index contributed by atoms with van der Waals surface area (Å²) in [4.78, 5) is 11.4. The third-order valence-electron chi connectivity index (χ3n) is 2.76. The topological polar surface area (TPSA) is 51.5 Å². The van der Waals surface area contributed by atoms with Crippen LogP contribution >= 0.6 is 0 Å². The van der Waals surface area contributed by atoms with Gasteiger partial charge >= 0.3 is 5.97 Å². The number of ether oxygens (including phenoxy) is 1. The van der Waals surface area contributed by atoms with Crippen molar-refractivity contribution in [3.05, 3.63) is 53.2 Å². The molecule has 0 unspecified atom stereocenters. The van der Waals surface area contributed by atoms with Gasteiger partial charge in [-0.25, -0.2) is 9.18 Å². The Kier molecular flexibility index (Phi) is 3.85. The minimum atomic E-state index is -0.517. The molecule has 19 heavy (non-hydrogen) atoms. The number of carbonyl (C=O) groups is 1. The predicted molar refractivity (Wildman–Crippen MR) is 68.5 cm³/mol. The average Bonchev–Trinajstić information content (AvgIpc) is 2.87. The highest BCUT2D eigenvalue weighted by Crippen LogP contribution is 2.17. The summed E-state index contributed by atoms with van der Waals surface area (Å²) >= 11 is 0. The van der Waals surface area contributed by atoms with Crippen LogP contribution in [0.2, 0.25) is 0 Å². The summed E-state index contributed by atoms with van der Waals surface area (Å²) in [6.07, 6.45) is 1.43. The fourth-order valence-corrected chi connectivity index (χ4v) is 1.70. The van der Waals surface area contributed by atoms with Crippen molar-refractivity contribution in [2.75, 3.05) is 12.4 Å². The van der Waals surface area contributed by atoms with E-state index in [4.69, 9.17) is 4.42 Å². The average molecular weight is 263 g/mol. The molecule has 2 rings (SSSR count). The van der Waals surface area contributed by atoms with Gasteiger partial charge in [-0.2, -0.15) is 0 Å². The molecular weight excluding hydrogens is 249 g/mol. The SMILES string of the molecule is COC(=O)c1occc1CNc1ccc(F)c(C)c1. The van der Waals surface area contributed by atoms with Crippen molar-refractivity contribution < 1.29 is 18.3 Å². The molecule has 0 saturated heterocycles. The number of nitrogens with one attached hydrogen (secondary N) is 1. The van der Waals surface area contributed by atoms with Crippen LogP contribution in [0.1, 0.15) is 21.7 Å². The van der Waals surface area contributed by atoms with Crippen molar-refractivity contribution in [1.82, 2.24) is 0 Å². The monoisotopic (exact) mass is 263 g/mol. The molecule has 1 heterocycles. The Morgan fingerprint density at radius 3 is 2.89 bits per heavy atom. The number of hydrogen-bond donors (Lipinski definition) is 1. The van der Waals surface area contributed by atoms with Gasteiger partial charge in [-0.1, -0.05) is 0 Å². The number of anilines is 1. The van der Waals surface area contributed by atoms with E-state index in [1.807, 2.05) is 0 Å². The summed E-state index contributed by atoms with van der Waals surface area (Å²) in [6, 6.07) is 6.43. The van der Waals surface area contributed by atoms with Crippen LogP contribution in [-0.4, -0.2) is 13.1 Å². The van der Waals surface area contributed by atoms with E-state index < -0.39 is 5.97 Å². The Morgan fingerprint density at radius 1 is 1.42 bits per heavy atom. The molecule has 0 amide bonds. The minimum Gasteiger partial charge on any atom is -0.463 e. The maximum atomic E-state index is 13.1. The molecule has 0 saturated carbocycles. The number of carbonyl (C=O) groups excluding carboxylic acids is 1. The number of aryl methyl sites for hydroxylation is 1. The molecule has 0 bridgehead atoms. The summed E-state index contributed by atoms with van der Waals surface area (Å²) < 4.78 is 22.8. The van der Waals surface area contributed by atoms with Crippen molar-refractivity contribution in [2.45, 2.75) is 13.5 Å². The molecule has 2 aromatic rings. The molecular formula is C14H14FNO3. The highest BCUT2D eigenvalue weighted by molar-refractivity contribution is 5.87. The van der Waals surface area contributed by atoms with Crippen molar-refractivity contribution in [3.8, 4) is 0 Å². The highest BCUT2D eigenvalue weighted by atomic mass is 19.1. The highest BCUT2D eigenvalue weighted by Gasteiger charge is 2.15. The first-order chi connectivity index (χ1) is 9.11. The molecule has 0 aliphatic carbocycles.